The number of rotatable bonds is 5. The highest BCUT2D eigenvalue weighted by molar-refractivity contribution is 5.45. The van der Waals surface area contributed by atoms with Crippen LogP contribution in [0.1, 0.15) is 25.5 Å². The van der Waals surface area contributed by atoms with Crippen molar-refractivity contribution in [1.29, 1.82) is 0 Å². The molecule has 0 radical (unpaired) electrons. The van der Waals surface area contributed by atoms with Crippen LogP contribution in [0.25, 0.3) is 0 Å². The van der Waals surface area contributed by atoms with Crippen molar-refractivity contribution in [1.82, 2.24) is 0 Å². The first-order valence-electron chi connectivity index (χ1n) is 6.49. The average molecular weight is 276 g/mol. The van der Waals surface area contributed by atoms with Gasteiger partial charge >= 0.3 is 0 Å². The number of halogens is 1. The van der Waals surface area contributed by atoms with Gasteiger partial charge in [-0.15, -0.1) is 0 Å². The molecule has 0 aliphatic heterocycles. The summed E-state index contributed by atoms with van der Waals surface area (Å²) in [4.78, 5) is 0. The van der Waals surface area contributed by atoms with Crippen LogP contribution in [0.2, 0.25) is 0 Å². The predicted molar refractivity (Wildman–Crippen MR) is 74.7 cm³/mol. The quantitative estimate of drug-likeness (QED) is 0.894. The second-order valence-electron chi connectivity index (χ2n) is 4.34. The number of hydrogen-bond acceptors (Lipinski definition) is 3. The molecule has 2 rings (SSSR count). The molecule has 1 atom stereocenters. The van der Waals surface area contributed by atoms with Crippen LogP contribution in [-0.2, 0) is 0 Å². The normalized spacial score (nSPS) is 12.0. The van der Waals surface area contributed by atoms with E-state index < -0.39 is 11.9 Å². The zero-order valence-electron chi connectivity index (χ0n) is 11.5. The van der Waals surface area contributed by atoms with Crippen LogP contribution in [0.5, 0.6) is 17.2 Å². The highest BCUT2D eigenvalue weighted by Gasteiger charge is 2.13. The first-order valence-corrected chi connectivity index (χ1v) is 6.49. The molecule has 0 bridgehead atoms. The molecule has 0 heterocycles. The van der Waals surface area contributed by atoms with Gasteiger partial charge in [0.15, 0.2) is 11.5 Å². The summed E-state index contributed by atoms with van der Waals surface area (Å²) in [6.45, 7) is 3.97. The predicted octanol–water partition coefficient (Wildman–Crippen LogP) is 4.07. The molecule has 0 aliphatic carbocycles. The van der Waals surface area contributed by atoms with Crippen LogP contribution in [0.4, 0.5) is 4.39 Å². The summed E-state index contributed by atoms with van der Waals surface area (Å²) >= 11 is 0. The molecule has 0 saturated carbocycles. The lowest BCUT2D eigenvalue weighted by molar-refractivity contribution is 0.194. The van der Waals surface area contributed by atoms with E-state index in [2.05, 4.69) is 0 Å². The average Bonchev–Trinajstić information content (AvgIpc) is 2.43. The van der Waals surface area contributed by atoms with Crippen molar-refractivity contribution in [3.8, 4) is 17.2 Å². The molecule has 0 fully saturated rings. The van der Waals surface area contributed by atoms with Gasteiger partial charge in [-0.3, -0.25) is 0 Å². The Balaban J connectivity index is 2.35. The van der Waals surface area contributed by atoms with E-state index in [0.717, 1.165) is 0 Å². The fourth-order valence-electron chi connectivity index (χ4n) is 1.87. The smallest absolute Gasteiger partial charge is 0.169 e. The summed E-state index contributed by atoms with van der Waals surface area (Å²) in [5.74, 6) is 1.14. The van der Waals surface area contributed by atoms with E-state index in [4.69, 9.17) is 9.47 Å². The van der Waals surface area contributed by atoms with Gasteiger partial charge in [-0.2, -0.15) is 0 Å². The fraction of sp³-hybridized carbons (Fsp3) is 0.250. The van der Waals surface area contributed by atoms with Crippen LogP contribution < -0.4 is 9.47 Å². The molecular formula is C16H17FO3. The third-order valence-electron chi connectivity index (χ3n) is 2.79. The molecule has 0 aliphatic rings. The van der Waals surface area contributed by atoms with E-state index in [1.807, 2.05) is 19.1 Å². The van der Waals surface area contributed by atoms with E-state index in [1.165, 1.54) is 18.2 Å². The largest absolute Gasteiger partial charge is 0.490 e. The fourth-order valence-corrected chi connectivity index (χ4v) is 1.87. The topological polar surface area (TPSA) is 38.7 Å². The standard InChI is InChI=1S/C16H17FO3/c1-3-19-15-6-4-5-7-16(15)20-14-9-8-12(17)10-13(14)11(2)18/h4-11,18H,3H2,1-2H3/t11-/m0/s1. The van der Waals surface area contributed by atoms with Crippen molar-refractivity contribution in [2.24, 2.45) is 0 Å². The third-order valence-corrected chi connectivity index (χ3v) is 2.79. The first-order chi connectivity index (χ1) is 9.61. The summed E-state index contributed by atoms with van der Waals surface area (Å²) in [5.41, 5.74) is 0.399. The number of hydrogen-bond donors (Lipinski definition) is 1. The van der Waals surface area contributed by atoms with E-state index >= 15 is 0 Å². The van der Waals surface area contributed by atoms with Crippen LogP contribution in [0, 0.1) is 5.82 Å². The van der Waals surface area contributed by atoms with Crippen molar-refractivity contribution in [2.45, 2.75) is 20.0 Å². The summed E-state index contributed by atoms with van der Waals surface area (Å²) in [7, 11) is 0. The molecule has 3 nitrogen and oxygen atoms in total. The van der Waals surface area contributed by atoms with Crippen LogP contribution in [-0.4, -0.2) is 11.7 Å². The molecule has 0 saturated heterocycles. The second kappa shape index (κ2) is 6.39. The van der Waals surface area contributed by atoms with E-state index in [1.54, 1.807) is 19.1 Å². The zero-order chi connectivity index (χ0) is 14.5. The maximum Gasteiger partial charge on any atom is 0.169 e. The molecule has 1 N–H and O–H groups in total. The van der Waals surface area contributed by atoms with Crippen LogP contribution >= 0.6 is 0 Å². The monoisotopic (exact) mass is 276 g/mol. The van der Waals surface area contributed by atoms with Gasteiger partial charge in [-0.1, -0.05) is 12.1 Å². The highest BCUT2D eigenvalue weighted by Crippen LogP contribution is 2.35. The number of aliphatic hydroxyl groups excluding tert-OH is 1. The van der Waals surface area contributed by atoms with Gasteiger partial charge < -0.3 is 14.6 Å². The zero-order valence-corrected chi connectivity index (χ0v) is 11.5. The van der Waals surface area contributed by atoms with Crippen molar-refractivity contribution in [2.75, 3.05) is 6.61 Å². The Morgan fingerprint density at radius 1 is 1.10 bits per heavy atom. The Morgan fingerprint density at radius 2 is 1.80 bits per heavy atom. The molecule has 0 aromatic heterocycles. The first kappa shape index (κ1) is 14.3. The Hall–Kier alpha value is -2.07. The molecule has 20 heavy (non-hydrogen) atoms. The van der Waals surface area contributed by atoms with Crippen LogP contribution in [0.15, 0.2) is 42.5 Å². The lowest BCUT2D eigenvalue weighted by Gasteiger charge is -2.15. The lowest BCUT2D eigenvalue weighted by atomic mass is 10.1. The minimum atomic E-state index is -0.819. The number of para-hydroxylation sites is 2. The SMILES string of the molecule is CCOc1ccccc1Oc1ccc(F)cc1[C@H](C)O. The Labute approximate surface area is 117 Å². The number of aliphatic hydroxyl groups is 1. The Morgan fingerprint density at radius 3 is 2.45 bits per heavy atom. The second-order valence-corrected chi connectivity index (χ2v) is 4.34. The number of benzene rings is 2. The van der Waals surface area contributed by atoms with Crippen molar-refractivity contribution in [3.05, 3.63) is 53.8 Å². The van der Waals surface area contributed by atoms with Gasteiger partial charge in [0.25, 0.3) is 0 Å². The molecule has 0 amide bonds. The van der Waals surface area contributed by atoms with Gasteiger partial charge in [-0.25, -0.2) is 4.39 Å². The maximum absolute atomic E-state index is 13.3. The van der Waals surface area contributed by atoms with E-state index in [9.17, 15) is 9.50 Å². The molecular weight excluding hydrogens is 259 g/mol. The van der Waals surface area contributed by atoms with E-state index in [0.29, 0.717) is 29.4 Å². The molecule has 0 unspecified atom stereocenters. The van der Waals surface area contributed by atoms with Crippen molar-refractivity contribution < 1.29 is 19.0 Å². The molecule has 4 heteroatoms. The summed E-state index contributed by atoms with van der Waals surface area (Å²) in [5, 5.41) is 9.70. The molecule has 2 aromatic rings. The third kappa shape index (κ3) is 3.27. The molecule has 2 aromatic carbocycles. The summed E-state index contributed by atoms with van der Waals surface area (Å²) in [6, 6.07) is 11.3. The van der Waals surface area contributed by atoms with Gasteiger partial charge in [0, 0.05) is 5.56 Å². The Bertz CT molecular complexity index is 582. The van der Waals surface area contributed by atoms with Gasteiger partial charge in [0.1, 0.15) is 11.6 Å². The van der Waals surface area contributed by atoms with Gasteiger partial charge in [0.2, 0.25) is 0 Å². The minimum Gasteiger partial charge on any atom is -0.490 e. The summed E-state index contributed by atoms with van der Waals surface area (Å²) in [6.07, 6.45) is -0.819. The summed E-state index contributed by atoms with van der Waals surface area (Å²) < 4.78 is 24.5. The molecule has 106 valence electrons. The van der Waals surface area contributed by atoms with Gasteiger partial charge in [-0.05, 0) is 44.2 Å². The van der Waals surface area contributed by atoms with Crippen molar-refractivity contribution >= 4 is 0 Å². The van der Waals surface area contributed by atoms with E-state index in [-0.39, 0.29) is 0 Å². The number of ether oxygens (including phenoxy) is 2. The Kier molecular flexibility index (Phi) is 4.58. The molecule has 0 spiro atoms. The maximum atomic E-state index is 13.3. The van der Waals surface area contributed by atoms with Gasteiger partial charge in [0.05, 0.1) is 12.7 Å². The van der Waals surface area contributed by atoms with Crippen molar-refractivity contribution in [3.63, 3.8) is 0 Å². The van der Waals surface area contributed by atoms with Crippen LogP contribution in [0.3, 0.4) is 0 Å². The lowest BCUT2D eigenvalue weighted by Crippen LogP contribution is -1.99. The highest BCUT2D eigenvalue weighted by atomic mass is 19.1. The minimum absolute atomic E-state index is 0.399.